The Morgan fingerprint density at radius 2 is 2.27 bits per heavy atom. The maximum Gasteiger partial charge on any atom is 0.111 e. The number of nitrogens with one attached hydrogen (secondary N) is 1. The fourth-order valence-corrected chi connectivity index (χ4v) is 2.10. The van der Waals surface area contributed by atoms with Crippen molar-refractivity contribution in [3.8, 4) is 0 Å². The molecular formula is C11H14BrN3. The number of halogens is 1. The number of aromatic nitrogens is 2. The van der Waals surface area contributed by atoms with Gasteiger partial charge in [-0.2, -0.15) is 5.10 Å². The minimum absolute atomic E-state index is 0.979. The maximum atomic E-state index is 4.51. The topological polar surface area (TPSA) is 29.9 Å². The Balaban J connectivity index is 2.51. The average Bonchev–Trinajstić information content (AvgIpc) is 2.53. The second kappa shape index (κ2) is 4.33. The third-order valence-electron chi connectivity index (χ3n) is 2.52. The third kappa shape index (κ3) is 1.92. The molecule has 0 unspecified atom stereocenters. The van der Waals surface area contributed by atoms with Crippen LogP contribution in [0.3, 0.4) is 0 Å². The van der Waals surface area contributed by atoms with E-state index in [0.29, 0.717) is 0 Å². The lowest BCUT2D eigenvalue weighted by Crippen LogP contribution is -2.10. The first-order valence-corrected chi connectivity index (χ1v) is 5.78. The molecule has 0 bridgehead atoms. The van der Waals surface area contributed by atoms with Crippen molar-refractivity contribution in [3.05, 3.63) is 28.4 Å². The lowest BCUT2D eigenvalue weighted by molar-refractivity contribution is 0.755. The second-order valence-electron chi connectivity index (χ2n) is 3.58. The van der Waals surface area contributed by atoms with Crippen LogP contribution in [-0.4, -0.2) is 23.4 Å². The van der Waals surface area contributed by atoms with Crippen LogP contribution in [0.5, 0.6) is 0 Å². The molecule has 4 heteroatoms. The monoisotopic (exact) mass is 267 g/mol. The molecule has 80 valence electrons. The first-order valence-electron chi connectivity index (χ1n) is 4.98. The van der Waals surface area contributed by atoms with Crippen LogP contribution in [0.25, 0.3) is 10.9 Å². The number of fused-ring (bicyclic) bond motifs is 1. The quantitative estimate of drug-likeness (QED) is 0.923. The van der Waals surface area contributed by atoms with Crippen LogP contribution in [0, 0.1) is 0 Å². The van der Waals surface area contributed by atoms with Gasteiger partial charge in [0.25, 0.3) is 0 Å². The van der Waals surface area contributed by atoms with Crippen LogP contribution in [-0.2, 0) is 13.5 Å². The van der Waals surface area contributed by atoms with Crippen LogP contribution in [0.1, 0.15) is 5.56 Å². The van der Waals surface area contributed by atoms with Gasteiger partial charge in [0.15, 0.2) is 0 Å². The molecule has 1 aromatic heterocycles. The van der Waals surface area contributed by atoms with Gasteiger partial charge in [-0.1, -0.05) is 18.2 Å². The summed E-state index contributed by atoms with van der Waals surface area (Å²) < 4.78 is 2.91. The highest BCUT2D eigenvalue weighted by atomic mass is 79.9. The summed E-state index contributed by atoms with van der Waals surface area (Å²) >= 11 is 3.54. The molecule has 0 atom stereocenters. The van der Waals surface area contributed by atoms with Gasteiger partial charge in [-0.25, -0.2) is 0 Å². The highest BCUT2D eigenvalue weighted by molar-refractivity contribution is 9.10. The van der Waals surface area contributed by atoms with Crippen LogP contribution < -0.4 is 5.32 Å². The largest absolute Gasteiger partial charge is 0.319 e. The van der Waals surface area contributed by atoms with E-state index in [2.05, 4.69) is 44.5 Å². The van der Waals surface area contributed by atoms with Crippen LogP contribution in [0.4, 0.5) is 0 Å². The van der Waals surface area contributed by atoms with E-state index in [1.807, 2.05) is 18.8 Å². The van der Waals surface area contributed by atoms with Crippen molar-refractivity contribution in [2.45, 2.75) is 6.42 Å². The summed E-state index contributed by atoms with van der Waals surface area (Å²) in [5.74, 6) is 0. The van der Waals surface area contributed by atoms with Gasteiger partial charge in [0.2, 0.25) is 0 Å². The van der Waals surface area contributed by atoms with Gasteiger partial charge in [-0.15, -0.1) is 0 Å². The normalized spacial score (nSPS) is 11.1. The molecule has 0 radical (unpaired) electrons. The van der Waals surface area contributed by atoms with Gasteiger partial charge in [0.05, 0.1) is 5.52 Å². The Morgan fingerprint density at radius 1 is 1.47 bits per heavy atom. The van der Waals surface area contributed by atoms with Crippen molar-refractivity contribution in [2.24, 2.45) is 7.05 Å². The van der Waals surface area contributed by atoms with Crippen LogP contribution >= 0.6 is 15.9 Å². The molecule has 0 spiro atoms. The number of hydrogen-bond donors (Lipinski definition) is 1. The summed E-state index contributed by atoms with van der Waals surface area (Å²) in [6.45, 7) is 0.979. The van der Waals surface area contributed by atoms with Crippen molar-refractivity contribution in [2.75, 3.05) is 13.6 Å². The smallest absolute Gasteiger partial charge is 0.111 e. The van der Waals surface area contributed by atoms with E-state index >= 15 is 0 Å². The van der Waals surface area contributed by atoms with Crippen molar-refractivity contribution in [1.29, 1.82) is 0 Å². The Morgan fingerprint density at radius 3 is 3.00 bits per heavy atom. The highest BCUT2D eigenvalue weighted by Crippen LogP contribution is 2.25. The molecule has 0 fully saturated rings. The molecule has 0 aliphatic carbocycles. The summed E-state index contributed by atoms with van der Waals surface area (Å²) in [6, 6.07) is 6.31. The number of aryl methyl sites for hydroxylation is 1. The lowest BCUT2D eigenvalue weighted by atomic mass is 10.1. The van der Waals surface area contributed by atoms with Crippen molar-refractivity contribution in [3.63, 3.8) is 0 Å². The SMILES string of the molecule is CNCCc1cccc2c(Br)n(C)nc12. The third-order valence-corrected chi connectivity index (χ3v) is 3.46. The van der Waals surface area contributed by atoms with E-state index in [1.54, 1.807) is 0 Å². The molecule has 3 nitrogen and oxygen atoms in total. The molecule has 2 rings (SSSR count). The predicted octanol–water partition coefficient (Wildman–Crippen LogP) is 2.10. The van der Waals surface area contributed by atoms with Crippen molar-refractivity contribution >= 4 is 26.8 Å². The minimum atomic E-state index is 0.979. The zero-order chi connectivity index (χ0) is 10.8. The van der Waals surface area contributed by atoms with Crippen LogP contribution in [0.2, 0.25) is 0 Å². The fraction of sp³-hybridized carbons (Fsp3) is 0.364. The first-order chi connectivity index (χ1) is 7.24. The van der Waals surface area contributed by atoms with Crippen molar-refractivity contribution < 1.29 is 0 Å². The molecule has 1 aromatic carbocycles. The van der Waals surface area contributed by atoms with E-state index in [-0.39, 0.29) is 0 Å². The number of rotatable bonds is 3. The summed E-state index contributed by atoms with van der Waals surface area (Å²) in [6.07, 6.45) is 1.01. The zero-order valence-corrected chi connectivity index (χ0v) is 10.5. The van der Waals surface area contributed by atoms with Crippen LogP contribution in [0.15, 0.2) is 22.8 Å². The molecule has 0 saturated carbocycles. The molecule has 2 aromatic rings. The van der Waals surface area contributed by atoms with Gasteiger partial charge in [0, 0.05) is 12.4 Å². The first kappa shape index (κ1) is 10.6. The number of nitrogens with zero attached hydrogens (tertiary/aromatic N) is 2. The standard InChI is InChI=1S/C11H14BrN3/c1-13-7-6-8-4-3-5-9-10(8)14-15(2)11(9)12/h3-5,13H,6-7H2,1-2H3. The molecule has 0 saturated heterocycles. The number of hydrogen-bond acceptors (Lipinski definition) is 2. The maximum absolute atomic E-state index is 4.51. The molecular weight excluding hydrogens is 254 g/mol. The van der Waals surface area contributed by atoms with E-state index in [1.165, 1.54) is 10.9 Å². The Hall–Kier alpha value is -0.870. The highest BCUT2D eigenvalue weighted by Gasteiger charge is 2.08. The fourth-order valence-electron chi connectivity index (χ4n) is 1.71. The Bertz CT molecular complexity index is 476. The molecule has 15 heavy (non-hydrogen) atoms. The molecule has 0 amide bonds. The van der Waals surface area contributed by atoms with E-state index < -0.39 is 0 Å². The van der Waals surface area contributed by atoms with Gasteiger partial charge in [-0.3, -0.25) is 4.68 Å². The Kier molecular flexibility index (Phi) is 3.07. The minimum Gasteiger partial charge on any atom is -0.319 e. The molecule has 0 aliphatic heterocycles. The van der Waals surface area contributed by atoms with Crippen molar-refractivity contribution in [1.82, 2.24) is 15.1 Å². The molecule has 1 N–H and O–H groups in total. The van der Waals surface area contributed by atoms with Gasteiger partial charge in [-0.05, 0) is 41.5 Å². The predicted molar refractivity (Wildman–Crippen MR) is 66.0 cm³/mol. The van der Waals surface area contributed by atoms with E-state index in [9.17, 15) is 0 Å². The Labute approximate surface area is 97.6 Å². The van der Waals surface area contributed by atoms with E-state index in [4.69, 9.17) is 0 Å². The van der Waals surface area contributed by atoms with Gasteiger partial charge < -0.3 is 5.32 Å². The molecule has 1 heterocycles. The van der Waals surface area contributed by atoms with Gasteiger partial charge in [0.1, 0.15) is 4.60 Å². The number of likely N-dealkylation sites (N-methyl/N-ethyl adjacent to an activating group) is 1. The number of benzene rings is 1. The van der Waals surface area contributed by atoms with Gasteiger partial charge >= 0.3 is 0 Å². The summed E-state index contributed by atoms with van der Waals surface area (Å²) in [7, 11) is 3.92. The van der Waals surface area contributed by atoms with E-state index in [0.717, 1.165) is 23.1 Å². The second-order valence-corrected chi connectivity index (χ2v) is 4.33. The summed E-state index contributed by atoms with van der Waals surface area (Å²) in [4.78, 5) is 0. The lowest BCUT2D eigenvalue weighted by Gasteiger charge is -2.00. The summed E-state index contributed by atoms with van der Waals surface area (Å²) in [5.41, 5.74) is 2.39. The average molecular weight is 268 g/mol. The zero-order valence-electron chi connectivity index (χ0n) is 8.92. The summed E-state index contributed by atoms with van der Waals surface area (Å²) in [5, 5.41) is 8.85. The molecule has 0 aliphatic rings.